The molecule has 0 spiro atoms. The van der Waals surface area contributed by atoms with E-state index < -0.39 is 28.6 Å². The van der Waals surface area contributed by atoms with Gasteiger partial charge in [0.25, 0.3) is 0 Å². The first-order valence-corrected chi connectivity index (χ1v) is 13.2. The fourth-order valence-corrected chi connectivity index (χ4v) is 5.27. The predicted molar refractivity (Wildman–Crippen MR) is 153 cm³/mol. The van der Waals surface area contributed by atoms with Crippen LogP contribution >= 0.6 is 0 Å². The van der Waals surface area contributed by atoms with Gasteiger partial charge in [0.1, 0.15) is 28.2 Å². The van der Waals surface area contributed by atoms with Crippen LogP contribution in [0.15, 0.2) is 63.8 Å². The van der Waals surface area contributed by atoms with Crippen LogP contribution in [-0.4, -0.2) is 78.5 Å². The van der Waals surface area contributed by atoms with Crippen LogP contribution in [0.2, 0.25) is 0 Å². The number of hydrogen-bond donors (Lipinski definition) is 3. The van der Waals surface area contributed by atoms with Crippen molar-refractivity contribution in [1.82, 2.24) is 9.80 Å². The Balaban J connectivity index is 1.77. The van der Waals surface area contributed by atoms with Gasteiger partial charge in [-0.05, 0) is 13.1 Å². The van der Waals surface area contributed by atoms with Crippen LogP contribution in [0.25, 0.3) is 22.3 Å². The SMILES string of the molecule is COc1ccc(C(CC(=O)N2CCN(C)CC2)c2c(O)c(O)c(O)c3c(=O)cc(-c4ccccc4)oc23)c(OC)c1. The minimum atomic E-state index is -0.939. The summed E-state index contributed by atoms with van der Waals surface area (Å²) in [7, 11) is 4.97. The van der Waals surface area contributed by atoms with Crippen LogP contribution in [0.5, 0.6) is 28.7 Å². The van der Waals surface area contributed by atoms with Crippen LogP contribution in [0.4, 0.5) is 0 Å². The third-order valence-corrected chi connectivity index (χ3v) is 7.59. The Labute approximate surface area is 236 Å². The van der Waals surface area contributed by atoms with Gasteiger partial charge in [-0.3, -0.25) is 9.59 Å². The molecule has 1 aliphatic rings. The summed E-state index contributed by atoms with van der Waals surface area (Å²) in [6, 6.07) is 15.2. The Hall–Kier alpha value is -4.70. The van der Waals surface area contributed by atoms with Gasteiger partial charge >= 0.3 is 0 Å². The molecule has 0 radical (unpaired) electrons. The highest BCUT2D eigenvalue weighted by molar-refractivity contribution is 5.94. The van der Waals surface area contributed by atoms with Gasteiger partial charge in [0.05, 0.1) is 14.2 Å². The Morgan fingerprint density at radius 2 is 1.63 bits per heavy atom. The Morgan fingerprint density at radius 3 is 2.29 bits per heavy atom. The largest absolute Gasteiger partial charge is 0.504 e. The van der Waals surface area contributed by atoms with Gasteiger partial charge in [0.15, 0.2) is 16.9 Å². The third kappa shape index (κ3) is 5.26. The standard InChI is InChI=1S/C31H32N2O8/c1-32-11-13-33(14-12-32)25(35)16-21(20-10-9-19(39-2)15-24(20)40-3)26-28(36)30(38)29(37)27-22(34)17-23(41-31(26)27)18-7-5-4-6-8-18/h4-10,15,17,21,36-38H,11-14,16H2,1-3H3. The van der Waals surface area contributed by atoms with Crippen molar-refractivity contribution in [2.45, 2.75) is 12.3 Å². The number of hydrogen-bond acceptors (Lipinski definition) is 9. The zero-order chi connectivity index (χ0) is 29.3. The van der Waals surface area contributed by atoms with Crippen molar-refractivity contribution in [2.24, 2.45) is 0 Å². The van der Waals surface area contributed by atoms with Crippen LogP contribution in [0.3, 0.4) is 0 Å². The van der Waals surface area contributed by atoms with Crippen molar-refractivity contribution in [1.29, 1.82) is 0 Å². The molecule has 10 nitrogen and oxygen atoms in total. The predicted octanol–water partition coefficient (Wildman–Crippen LogP) is 3.89. The summed E-state index contributed by atoms with van der Waals surface area (Å²) in [5, 5.41) is 32.5. The van der Waals surface area contributed by atoms with Gasteiger partial charge in [-0.1, -0.05) is 36.4 Å². The normalized spacial score (nSPS) is 14.7. The molecule has 4 aromatic rings. The van der Waals surface area contributed by atoms with E-state index in [1.807, 2.05) is 13.1 Å². The van der Waals surface area contributed by atoms with E-state index in [2.05, 4.69) is 4.90 Å². The van der Waals surface area contributed by atoms with Crippen molar-refractivity contribution in [3.8, 4) is 40.1 Å². The zero-order valence-corrected chi connectivity index (χ0v) is 23.1. The van der Waals surface area contributed by atoms with Gasteiger partial charge in [-0.15, -0.1) is 0 Å². The number of piperazine rings is 1. The van der Waals surface area contributed by atoms with Crippen molar-refractivity contribution >= 4 is 16.9 Å². The molecule has 1 unspecified atom stereocenters. The molecule has 214 valence electrons. The molecule has 1 fully saturated rings. The summed E-state index contributed by atoms with van der Waals surface area (Å²) in [5.41, 5.74) is 0.307. The second-order valence-corrected chi connectivity index (χ2v) is 10.1. The van der Waals surface area contributed by atoms with E-state index in [0.29, 0.717) is 48.8 Å². The van der Waals surface area contributed by atoms with E-state index in [9.17, 15) is 24.9 Å². The second kappa shape index (κ2) is 11.4. The van der Waals surface area contributed by atoms with Crippen molar-refractivity contribution < 1.29 is 34.0 Å². The number of carbonyl (C=O) groups excluding carboxylic acids is 1. The van der Waals surface area contributed by atoms with Crippen LogP contribution in [0.1, 0.15) is 23.5 Å². The first-order chi connectivity index (χ1) is 19.7. The summed E-state index contributed by atoms with van der Waals surface area (Å²) in [6.07, 6.45) is -0.140. The first kappa shape index (κ1) is 27.9. The molecule has 1 aliphatic heterocycles. The number of nitrogens with zero attached hydrogens (tertiary/aromatic N) is 2. The number of phenols is 3. The number of benzene rings is 3. The molecule has 0 aliphatic carbocycles. The summed E-state index contributed by atoms with van der Waals surface area (Å²) >= 11 is 0. The molecule has 1 saturated heterocycles. The highest BCUT2D eigenvalue weighted by Crippen LogP contribution is 2.50. The third-order valence-electron chi connectivity index (χ3n) is 7.59. The monoisotopic (exact) mass is 560 g/mol. The number of likely N-dealkylation sites (N-methyl/N-ethyl adjacent to an activating group) is 1. The average Bonchev–Trinajstić information content (AvgIpc) is 2.99. The lowest BCUT2D eigenvalue weighted by molar-refractivity contribution is -0.133. The fourth-order valence-electron chi connectivity index (χ4n) is 5.27. The maximum Gasteiger partial charge on any atom is 0.223 e. The molecule has 0 bridgehead atoms. The summed E-state index contributed by atoms with van der Waals surface area (Å²) in [4.78, 5) is 30.9. The molecule has 5 rings (SSSR count). The van der Waals surface area contributed by atoms with Gasteiger partial charge in [0, 0.05) is 67.3 Å². The fraction of sp³-hybridized carbons (Fsp3) is 0.290. The Morgan fingerprint density at radius 1 is 0.927 bits per heavy atom. The van der Waals surface area contributed by atoms with E-state index in [1.54, 1.807) is 47.4 Å². The minimum Gasteiger partial charge on any atom is -0.504 e. The molecule has 10 heteroatoms. The Kier molecular flexibility index (Phi) is 7.76. The summed E-state index contributed by atoms with van der Waals surface area (Å²) < 4.78 is 17.2. The van der Waals surface area contributed by atoms with Crippen molar-refractivity contribution in [3.05, 3.63) is 75.9 Å². The molecule has 0 saturated carbocycles. The highest BCUT2D eigenvalue weighted by Gasteiger charge is 2.34. The number of rotatable bonds is 7. The molecule has 1 atom stereocenters. The van der Waals surface area contributed by atoms with Crippen LogP contribution < -0.4 is 14.9 Å². The first-order valence-electron chi connectivity index (χ1n) is 13.2. The maximum atomic E-state index is 13.7. The van der Waals surface area contributed by atoms with Gasteiger partial charge in [-0.25, -0.2) is 0 Å². The number of ether oxygens (including phenoxy) is 2. The van der Waals surface area contributed by atoms with E-state index >= 15 is 0 Å². The smallest absolute Gasteiger partial charge is 0.223 e. The van der Waals surface area contributed by atoms with Gasteiger partial charge in [-0.2, -0.15) is 0 Å². The molecule has 2 heterocycles. The lowest BCUT2D eigenvalue weighted by atomic mass is 9.85. The number of fused-ring (bicyclic) bond motifs is 1. The van der Waals surface area contributed by atoms with Crippen LogP contribution in [0, 0.1) is 0 Å². The summed E-state index contributed by atoms with van der Waals surface area (Å²) in [5.74, 6) is -2.44. The number of amides is 1. The lowest BCUT2D eigenvalue weighted by Crippen LogP contribution is -2.47. The average molecular weight is 561 g/mol. The minimum absolute atomic E-state index is 0.0175. The van der Waals surface area contributed by atoms with E-state index in [4.69, 9.17) is 13.9 Å². The van der Waals surface area contributed by atoms with E-state index in [-0.39, 0.29) is 34.6 Å². The number of methoxy groups -OCH3 is 2. The van der Waals surface area contributed by atoms with Crippen molar-refractivity contribution in [2.75, 3.05) is 47.4 Å². The van der Waals surface area contributed by atoms with E-state index in [1.165, 1.54) is 20.3 Å². The quantitative estimate of drug-likeness (QED) is 0.288. The number of carbonyl (C=O) groups is 1. The topological polar surface area (TPSA) is 133 Å². The van der Waals surface area contributed by atoms with Crippen molar-refractivity contribution in [3.63, 3.8) is 0 Å². The molecular formula is C31H32N2O8. The highest BCUT2D eigenvalue weighted by atomic mass is 16.5. The maximum absolute atomic E-state index is 13.7. The number of aromatic hydroxyl groups is 3. The zero-order valence-electron chi connectivity index (χ0n) is 23.1. The molecule has 1 aromatic heterocycles. The Bertz CT molecular complexity index is 1640. The molecule has 3 N–H and O–H groups in total. The van der Waals surface area contributed by atoms with Gasteiger partial charge in [0.2, 0.25) is 11.7 Å². The van der Waals surface area contributed by atoms with Gasteiger partial charge < -0.3 is 39.0 Å². The number of phenolic OH excluding ortho intramolecular Hbond substituents is 3. The lowest BCUT2D eigenvalue weighted by Gasteiger charge is -2.33. The molecule has 1 amide bonds. The van der Waals surface area contributed by atoms with E-state index in [0.717, 1.165) is 0 Å². The summed E-state index contributed by atoms with van der Waals surface area (Å²) in [6.45, 7) is 2.49. The van der Waals surface area contributed by atoms with Crippen LogP contribution in [-0.2, 0) is 4.79 Å². The molecule has 41 heavy (non-hydrogen) atoms. The second-order valence-electron chi connectivity index (χ2n) is 10.1. The molecular weight excluding hydrogens is 528 g/mol. The molecule has 3 aromatic carbocycles.